The SMILES string of the molecule is COc1ccc(OC)c([C@H](C)NC(=O)COC(=O)COc2ccccc2C(N)=O)c1. The Labute approximate surface area is 174 Å². The van der Waals surface area contributed by atoms with E-state index in [4.69, 9.17) is 24.7 Å². The lowest BCUT2D eigenvalue weighted by Gasteiger charge is -2.18. The highest BCUT2D eigenvalue weighted by Gasteiger charge is 2.17. The largest absolute Gasteiger partial charge is 0.497 e. The quantitative estimate of drug-likeness (QED) is 0.563. The second-order valence-electron chi connectivity index (χ2n) is 6.21. The number of benzene rings is 2. The van der Waals surface area contributed by atoms with Crippen LogP contribution in [0, 0.1) is 0 Å². The maximum absolute atomic E-state index is 12.1. The standard InChI is InChI=1S/C21H24N2O7/c1-13(16-10-14(27-2)8-9-17(16)28-3)23-19(24)11-30-20(25)12-29-18-7-5-4-6-15(18)21(22)26/h4-10,13H,11-12H2,1-3H3,(H2,22,26)(H,23,24)/t13-/m0/s1. The van der Waals surface area contributed by atoms with Crippen molar-refractivity contribution in [1.82, 2.24) is 5.32 Å². The van der Waals surface area contributed by atoms with Crippen molar-refractivity contribution >= 4 is 17.8 Å². The van der Waals surface area contributed by atoms with Gasteiger partial charge in [-0.3, -0.25) is 9.59 Å². The van der Waals surface area contributed by atoms with Gasteiger partial charge in [-0.15, -0.1) is 0 Å². The number of hydrogen-bond acceptors (Lipinski definition) is 7. The monoisotopic (exact) mass is 416 g/mol. The van der Waals surface area contributed by atoms with E-state index in [9.17, 15) is 14.4 Å². The number of nitrogens with one attached hydrogen (secondary N) is 1. The number of amides is 2. The van der Waals surface area contributed by atoms with Crippen molar-refractivity contribution in [3.8, 4) is 17.2 Å². The molecule has 3 N–H and O–H groups in total. The number of rotatable bonds is 10. The zero-order valence-corrected chi connectivity index (χ0v) is 17.0. The molecule has 160 valence electrons. The Morgan fingerprint density at radius 1 is 1.00 bits per heavy atom. The van der Waals surface area contributed by atoms with Gasteiger partial charge in [-0.25, -0.2) is 4.79 Å². The van der Waals surface area contributed by atoms with E-state index < -0.39 is 37.0 Å². The van der Waals surface area contributed by atoms with Crippen LogP contribution < -0.4 is 25.3 Å². The average Bonchev–Trinajstić information content (AvgIpc) is 2.75. The highest BCUT2D eigenvalue weighted by atomic mass is 16.6. The first kappa shape index (κ1) is 22.5. The van der Waals surface area contributed by atoms with Crippen molar-refractivity contribution in [2.45, 2.75) is 13.0 Å². The van der Waals surface area contributed by atoms with E-state index in [1.807, 2.05) is 0 Å². The van der Waals surface area contributed by atoms with Gasteiger partial charge >= 0.3 is 5.97 Å². The molecule has 0 saturated heterocycles. The normalized spacial score (nSPS) is 11.2. The molecular formula is C21H24N2O7. The summed E-state index contributed by atoms with van der Waals surface area (Å²) in [5.74, 6) is -0.589. The Morgan fingerprint density at radius 2 is 1.73 bits per heavy atom. The van der Waals surface area contributed by atoms with Gasteiger partial charge in [0.2, 0.25) is 0 Å². The highest BCUT2D eigenvalue weighted by Crippen LogP contribution is 2.29. The number of carbonyl (C=O) groups is 3. The second kappa shape index (κ2) is 10.7. The molecule has 0 unspecified atom stereocenters. The maximum atomic E-state index is 12.1. The molecule has 9 nitrogen and oxygen atoms in total. The summed E-state index contributed by atoms with van der Waals surface area (Å²) in [6, 6.07) is 11.0. The minimum Gasteiger partial charge on any atom is -0.497 e. The molecule has 2 aromatic carbocycles. The molecule has 0 saturated carbocycles. The maximum Gasteiger partial charge on any atom is 0.344 e. The van der Waals surface area contributed by atoms with Crippen LogP contribution in [0.2, 0.25) is 0 Å². The molecule has 0 spiro atoms. The topological polar surface area (TPSA) is 126 Å². The minimum atomic E-state index is -0.768. The summed E-state index contributed by atoms with van der Waals surface area (Å²) < 4.78 is 20.7. The van der Waals surface area contributed by atoms with Crippen LogP contribution in [-0.2, 0) is 14.3 Å². The van der Waals surface area contributed by atoms with E-state index in [1.54, 1.807) is 37.3 Å². The molecule has 0 aliphatic rings. The number of methoxy groups -OCH3 is 2. The molecule has 0 heterocycles. The highest BCUT2D eigenvalue weighted by molar-refractivity contribution is 5.95. The summed E-state index contributed by atoms with van der Waals surface area (Å²) in [7, 11) is 3.07. The number of ether oxygens (including phenoxy) is 4. The van der Waals surface area contributed by atoms with E-state index in [0.717, 1.165) is 0 Å². The molecule has 30 heavy (non-hydrogen) atoms. The summed E-state index contributed by atoms with van der Waals surface area (Å²) >= 11 is 0. The van der Waals surface area contributed by atoms with E-state index in [1.165, 1.54) is 26.4 Å². The van der Waals surface area contributed by atoms with Crippen molar-refractivity contribution in [3.63, 3.8) is 0 Å². The smallest absolute Gasteiger partial charge is 0.344 e. The van der Waals surface area contributed by atoms with Gasteiger partial charge in [-0.05, 0) is 37.3 Å². The van der Waals surface area contributed by atoms with Gasteiger partial charge in [0, 0.05) is 5.56 Å². The third kappa shape index (κ3) is 6.13. The van der Waals surface area contributed by atoms with E-state index in [0.29, 0.717) is 17.1 Å². The lowest BCUT2D eigenvalue weighted by Crippen LogP contribution is -2.32. The van der Waals surface area contributed by atoms with Crippen molar-refractivity contribution < 1.29 is 33.3 Å². The van der Waals surface area contributed by atoms with Gasteiger partial charge in [-0.2, -0.15) is 0 Å². The van der Waals surface area contributed by atoms with Crippen molar-refractivity contribution in [2.75, 3.05) is 27.4 Å². The van der Waals surface area contributed by atoms with Gasteiger partial charge in [0.15, 0.2) is 13.2 Å². The van der Waals surface area contributed by atoms with Crippen molar-refractivity contribution in [3.05, 3.63) is 53.6 Å². The summed E-state index contributed by atoms with van der Waals surface area (Å²) in [5.41, 5.74) is 6.10. The molecular weight excluding hydrogens is 392 g/mol. The molecule has 9 heteroatoms. The Bertz CT molecular complexity index is 914. The Balaban J connectivity index is 1.86. The van der Waals surface area contributed by atoms with E-state index in [-0.39, 0.29) is 11.3 Å². The van der Waals surface area contributed by atoms with Crippen molar-refractivity contribution in [2.24, 2.45) is 5.73 Å². The molecule has 0 aromatic heterocycles. The lowest BCUT2D eigenvalue weighted by atomic mass is 10.1. The average molecular weight is 416 g/mol. The van der Waals surface area contributed by atoms with Crippen LogP contribution in [0.4, 0.5) is 0 Å². The molecule has 2 aromatic rings. The third-order valence-corrected chi connectivity index (χ3v) is 4.14. The summed E-state index contributed by atoms with van der Waals surface area (Å²) in [6.45, 7) is 0.800. The van der Waals surface area contributed by atoms with Gasteiger partial charge in [0.05, 0.1) is 25.8 Å². The van der Waals surface area contributed by atoms with Crippen molar-refractivity contribution in [1.29, 1.82) is 0 Å². The Hall–Kier alpha value is -3.75. The van der Waals surface area contributed by atoms with Crippen LogP contribution in [0.3, 0.4) is 0 Å². The first-order chi connectivity index (χ1) is 14.3. The predicted octanol–water partition coefficient (Wildman–Crippen LogP) is 1.60. The number of para-hydroxylation sites is 1. The Kier molecular flexibility index (Phi) is 8.04. The fourth-order valence-corrected chi connectivity index (χ4v) is 2.66. The predicted molar refractivity (Wildman–Crippen MR) is 108 cm³/mol. The van der Waals surface area contributed by atoms with Crippen LogP contribution in [0.5, 0.6) is 17.2 Å². The van der Waals surface area contributed by atoms with Gasteiger partial charge < -0.3 is 30.0 Å². The summed E-state index contributed by atoms with van der Waals surface area (Å²) in [4.78, 5) is 35.3. The van der Waals surface area contributed by atoms with Crippen LogP contribution in [0.15, 0.2) is 42.5 Å². The summed E-state index contributed by atoms with van der Waals surface area (Å²) in [6.07, 6.45) is 0. The molecule has 0 radical (unpaired) electrons. The fourth-order valence-electron chi connectivity index (χ4n) is 2.66. The minimum absolute atomic E-state index is 0.143. The number of primary amides is 1. The molecule has 0 bridgehead atoms. The zero-order valence-electron chi connectivity index (χ0n) is 17.0. The molecule has 1 atom stereocenters. The first-order valence-electron chi connectivity index (χ1n) is 9.04. The van der Waals surface area contributed by atoms with Gasteiger partial charge in [-0.1, -0.05) is 12.1 Å². The van der Waals surface area contributed by atoms with E-state index >= 15 is 0 Å². The number of hydrogen-bond donors (Lipinski definition) is 2. The molecule has 2 amide bonds. The van der Waals surface area contributed by atoms with Crippen LogP contribution >= 0.6 is 0 Å². The van der Waals surface area contributed by atoms with Crippen LogP contribution in [-0.4, -0.2) is 45.2 Å². The fraction of sp³-hybridized carbons (Fsp3) is 0.286. The molecule has 0 fully saturated rings. The third-order valence-electron chi connectivity index (χ3n) is 4.14. The second-order valence-corrected chi connectivity index (χ2v) is 6.21. The first-order valence-corrected chi connectivity index (χ1v) is 9.04. The molecule has 0 aliphatic heterocycles. The number of nitrogens with two attached hydrogens (primary N) is 1. The summed E-state index contributed by atoms with van der Waals surface area (Å²) in [5, 5.41) is 2.72. The van der Waals surface area contributed by atoms with Crippen LogP contribution in [0.1, 0.15) is 28.9 Å². The molecule has 2 rings (SSSR count). The molecule has 0 aliphatic carbocycles. The van der Waals surface area contributed by atoms with Crippen LogP contribution in [0.25, 0.3) is 0 Å². The number of esters is 1. The van der Waals surface area contributed by atoms with Gasteiger partial charge in [0.1, 0.15) is 17.2 Å². The van der Waals surface area contributed by atoms with Gasteiger partial charge in [0.25, 0.3) is 11.8 Å². The lowest BCUT2D eigenvalue weighted by molar-refractivity contribution is -0.150. The number of carbonyl (C=O) groups excluding carboxylic acids is 3. The Morgan fingerprint density at radius 3 is 2.40 bits per heavy atom. The van der Waals surface area contributed by atoms with E-state index in [2.05, 4.69) is 5.32 Å². The zero-order chi connectivity index (χ0) is 22.1.